The van der Waals surface area contributed by atoms with Gasteiger partial charge in [-0.3, -0.25) is 9.69 Å². The molecule has 1 aliphatic carbocycles. The fourth-order valence-electron chi connectivity index (χ4n) is 3.50. The van der Waals surface area contributed by atoms with Crippen LogP contribution in [0.3, 0.4) is 0 Å². The van der Waals surface area contributed by atoms with Crippen molar-refractivity contribution in [1.29, 1.82) is 0 Å². The van der Waals surface area contributed by atoms with Gasteiger partial charge in [-0.05, 0) is 57.9 Å². The van der Waals surface area contributed by atoms with E-state index in [4.69, 9.17) is 0 Å². The fourth-order valence-corrected chi connectivity index (χ4v) is 3.50. The van der Waals surface area contributed by atoms with Crippen molar-refractivity contribution >= 4 is 5.91 Å². The summed E-state index contributed by atoms with van der Waals surface area (Å²) in [5, 5.41) is 3.71. The molecule has 3 aliphatic rings. The molecule has 3 rings (SSSR count). The van der Waals surface area contributed by atoms with Crippen LogP contribution in [-0.2, 0) is 4.79 Å². The van der Waals surface area contributed by atoms with E-state index in [1.807, 2.05) is 0 Å². The molecule has 4 nitrogen and oxygen atoms in total. The molecule has 1 N–H and O–H groups in total. The number of hydrogen-bond acceptors (Lipinski definition) is 3. The van der Waals surface area contributed by atoms with Gasteiger partial charge in [-0.2, -0.15) is 0 Å². The first-order valence-corrected chi connectivity index (χ1v) is 8.50. The van der Waals surface area contributed by atoms with Crippen molar-refractivity contribution in [3.05, 3.63) is 0 Å². The van der Waals surface area contributed by atoms with E-state index in [9.17, 15) is 4.79 Å². The highest BCUT2D eigenvalue weighted by atomic mass is 16.2. The lowest BCUT2D eigenvalue weighted by Gasteiger charge is -2.37. The van der Waals surface area contributed by atoms with Gasteiger partial charge in [0, 0.05) is 32.2 Å². The molecule has 1 saturated carbocycles. The molecular formula is C16H29N3O. The maximum absolute atomic E-state index is 12.4. The highest BCUT2D eigenvalue weighted by Crippen LogP contribution is 2.28. The number of hydrogen-bond donors (Lipinski definition) is 1. The maximum Gasteiger partial charge on any atom is 0.239 e. The summed E-state index contributed by atoms with van der Waals surface area (Å²) >= 11 is 0. The summed E-state index contributed by atoms with van der Waals surface area (Å²) in [6, 6.07) is 0.762. The van der Waals surface area contributed by atoms with E-state index in [1.54, 1.807) is 0 Å². The Morgan fingerprint density at radius 3 is 2.35 bits per heavy atom. The van der Waals surface area contributed by atoms with Crippen LogP contribution in [0, 0.1) is 5.92 Å². The third-order valence-corrected chi connectivity index (χ3v) is 5.24. The van der Waals surface area contributed by atoms with E-state index in [-0.39, 0.29) is 6.04 Å². The minimum atomic E-state index is 0.0810. The van der Waals surface area contributed by atoms with Crippen molar-refractivity contribution in [1.82, 2.24) is 15.1 Å². The average molecular weight is 279 g/mol. The Balaban J connectivity index is 1.40. The van der Waals surface area contributed by atoms with Crippen molar-refractivity contribution in [2.45, 2.75) is 57.5 Å². The maximum atomic E-state index is 12.4. The van der Waals surface area contributed by atoms with Gasteiger partial charge in [0.1, 0.15) is 0 Å². The zero-order valence-electron chi connectivity index (χ0n) is 12.8. The third-order valence-electron chi connectivity index (χ3n) is 5.24. The SMILES string of the molecule is CC(C(=O)N1CCCC1)N1CCC(NCC2CC2)CC1. The third kappa shape index (κ3) is 3.53. The second-order valence-corrected chi connectivity index (χ2v) is 6.87. The zero-order chi connectivity index (χ0) is 13.9. The van der Waals surface area contributed by atoms with E-state index in [0.29, 0.717) is 11.9 Å². The molecule has 0 radical (unpaired) electrons. The highest BCUT2D eigenvalue weighted by molar-refractivity contribution is 5.81. The van der Waals surface area contributed by atoms with Crippen LogP contribution in [0.5, 0.6) is 0 Å². The molecule has 114 valence electrons. The Hall–Kier alpha value is -0.610. The van der Waals surface area contributed by atoms with Gasteiger partial charge in [0.15, 0.2) is 0 Å². The normalized spacial score (nSPS) is 26.9. The number of rotatable bonds is 5. The van der Waals surface area contributed by atoms with E-state index in [0.717, 1.165) is 32.1 Å². The predicted molar refractivity (Wildman–Crippen MR) is 80.6 cm³/mol. The molecular weight excluding hydrogens is 250 g/mol. The number of amides is 1. The summed E-state index contributed by atoms with van der Waals surface area (Å²) in [7, 11) is 0. The molecule has 0 spiro atoms. The van der Waals surface area contributed by atoms with Crippen LogP contribution in [0.2, 0.25) is 0 Å². The van der Waals surface area contributed by atoms with Crippen molar-refractivity contribution in [3.63, 3.8) is 0 Å². The van der Waals surface area contributed by atoms with E-state index < -0.39 is 0 Å². The first-order chi connectivity index (χ1) is 9.74. The standard InChI is InChI=1S/C16H29N3O/c1-13(16(20)19-8-2-3-9-19)18-10-6-15(7-11-18)17-12-14-4-5-14/h13-15,17H,2-12H2,1H3. The van der Waals surface area contributed by atoms with Gasteiger partial charge in [-0.15, -0.1) is 0 Å². The molecule has 0 aromatic heterocycles. The van der Waals surface area contributed by atoms with Gasteiger partial charge in [0.25, 0.3) is 0 Å². The number of piperidine rings is 1. The Labute approximate surface area is 122 Å². The average Bonchev–Trinajstić information content (AvgIpc) is 3.16. The van der Waals surface area contributed by atoms with Crippen molar-refractivity contribution < 1.29 is 4.79 Å². The monoisotopic (exact) mass is 279 g/mol. The van der Waals surface area contributed by atoms with Crippen molar-refractivity contribution in [2.75, 3.05) is 32.7 Å². The van der Waals surface area contributed by atoms with E-state index in [2.05, 4.69) is 22.0 Å². The smallest absolute Gasteiger partial charge is 0.239 e. The van der Waals surface area contributed by atoms with Crippen LogP contribution in [0.25, 0.3) is 0 Å². The molecule has 0 bridgehead atoms. The van der Waals surface area contributed by atoms with Gasteiger partial charge in [-0.1, -0.05) is 0 Å². The van der Waals surface area contributed by atoms with Gasteiger partial charge in [0.05, 0.1) is 6.04 Å². The zero-order valence-corrected chi connectivity index (χ0v) is 12.8. The lowest BCUT2D eigenvalue weighted by Crippen LogP contribution is -2.51. The molecule has 1 amide bonds. The van der Waals surface area contributed by atoms with Crippen LogP contribution in [0.15, 0.2) is 0 Å². The van der Waals surface area contributed by atoms with Crippen LogP contribution in [0.1, 0.15) is 45.4 Å². The molecule has 0 aromatic carbocycles. The van der Waals surface area contributed by atoms with Gasteiger partial charge in [0.2, 0.25) is 5.91 Å². The summed E-state index contributed by atoms with van der Waals surface area (Å²) < 4.78 is 0. The van der Waals surface area contributed by atoms with Crippen molar-refractivity contribution in [3.8, 4) is 0 Å². The fraction of sp³-hybridized carbons (Fsp3) is 0.938. The number of carbonyl (C=O) groups is 1. The first-order valence-electron chi connectivity index (χ1n) is 8.50. The van der Waals surface area contributed by atoms with Crippen LogP contribution >= 0.6 is 0 Å². The second kappa shape index (κ2) is 6.44. The summed E-state index contributed by atoms with van der Waals surface area (Å²) in [4.78, 5) is 16.9. The topological polar surface area (TPSA) is 35.6 Å². The molecule has 4 heteroatoms. The Bertz CT molecular complexity index is 329. The number of carbonyl (C=O) groups excluding carboxylic acids is 1. The summed E-state index contributed by atoms with van der Waals surface area (Å²) in [5.74, 6) is 1.32. The van der Waals surface area contributed by atoms with Crippen LogP contribution in [0.4, 0.5) is 0 Å². The lowest BCUT2D eigenvalue weighted by atomic mass is 10.0. The molecule has 2 aliphatic heterocycles. The Morgan fingerprint density at radius 2 is 1.75 bits per heavy atom. The minimum absolute atomic E-state index is 0.0810. The molecule has 0 aromatic rings. The van der Waals surface area contributed by atoms with Gasteiger partial charge < -0.3 is 10.2 Å². The number of nitrogens with one attached hydrogen (secondary N) is 1. The number of likely N-dealkylation sites (tertiary alicyclic amines) is 2. The molecule has 1 atom stereocenters. The van der Waals surface area contributed by atoms with E-state index in [1.165, 1.54) is 45.1 Å². The first kappa shape index (κ1) is 14.3. The summed E-state index contributed by atoms with van der Waals surface area (Å²) in [6.45, 7) is 7.41. The molecule has 1 unspecified atom stereocenters. The quantitative estimate of drug-likeness (QED) is 0.827. The van der Waals surface area contributed by atoms with Crippen molar-refractivity contribution in [2.24, 2.45) is 5.92 Å². The Morgan fingerprint density at radius 1 is 1.10 bits per heavy atom. The molecule has 20 heavy (non-hydrogen) atoms. The van der Waals surface area contributed by atoms with Crippen LogP contribution < -0.4 is 5.32 Å². The Kier molecular flexibility index (Phi) is 4.61. The highest BCUT2D eigenvalue weighted by Gasteiger charge is 2.31. The van der Waals surface area contributed by atoms with Gasteiger partial charge >= 0.3 is 0 Å². The largest absolute Gasteiger partial charge is 0.341 e. The predicted octanol–water partition coefficient (Wildman–Crippen LogP) is 1.46. The van der Waals surface area contributed by atoms with Gasteiger partial charge in [-0.25, -0.2) is 0 Å². The van der Waals surface area contributed by atoms with E-state index >= 15 is 0 Å². The minimum Gasteiger partial charge on any atom is -0.341 e. The molecule has 3 fully saturated rings. The number of nitrogens with zero attached hydrogens (tertiary/aromatic N) is 2. The summed E-state index contributed by atoms with van der Waals surface area (Å²) in [5.41, 5.74) is 0. The molecule has 2 heterocycles. The summed E-state index contributed by atoms with van der Waals surface area (Å²) in [6.07, 6.45) is 7.62. The lowest BCUT2D eigenvalue weighted by molar-refractivity contribution is -0.135. The molecule has 2 saturated heterocycles. The second-order valence-electron chi connectivity index (χ2n) is 6.87. The van der Waals surface area contributed by atoms with Crippen LogP contribution in [-0.4, -0.2) is 60.5 Å².